The smallest absolute Gasteiger partial charge is 0.265 e. The molecular formula is C27H24ClN5O2. The van der Waals surface area contributed by atoms with Crippen molar-refractivity contribution >= 4 is 46.3 Å². The standard InChI is InChI=1S/C27H24ClN5O2/c1-17(26(34)31-20-7-3-2-4-8-20)35-24-13-12-22-15-19(24)11-10-18-6-5-9-21(14-18)32-27-29-16-23(28)25(30-22)33-27/h2-9,12-17H,10-11H2,1H3,(H,31,34)(H2,29,30,32,33). The van der Waals surface area contributed by atoms with Crippen LogP contribution in [0.3, 0.4) is 0 Å². The predicted molar refractivity (Wildman–Crippen MR) is 139 cm³/mol. The second-order valence-electron chi connectivity index (χ2n) is 8.28. The lowest BCUT2D eigenvalue weighted by Gasteiger charge is -2.19. The highest BCUT2D eigenvalue weighted by molar-refractivity contribution is 6.32. The van der Waals surface area contributed by atoms with Gasteiger partial charge in [0.25, 0.3) is 5.91 Å². The van der Waals surface area contributed by atoms with Crippen LogP contribution in [-0.2, 0) is 17.6 Å². The molecule has 7 nitrogen and oxygen atoms in total. The molecule has 0 saturated carbocycles. The number of rotatable bonds is 4. The Hall–Kier alpha value is -4.10. The van der Waals surface area contributed by atoms with E-state index in [-0.39, 0.29) is 5.91 Å². The van der Waals surface area contributed by atoms with Crippen molar-refractivity contribution in [3.8, 4) is 5.75 Å². The summed E-state index contributed by atoms with van der Waals surface area (Å²) in [5.41, 5.74) is 4.56. The number of aryl methyl sites for hydroxylation is 2. The SMILES string of the molecule is CC(Oc1ccc2cc1CCc1cccc(c1)Nc1ncc(Cl)c(n1)N2)C(=O)Nc1ccccc1. The lowest BCUT2D eigenvalue weighted by atomic mass is 10.0. The molecule has 1 aliphatic heterocycles. The third kappa shape index (κ3) is 5.53. The maximum Gasteiger partial charge on any atom is 0.265 e. The zero-order valence-corrected chi connectivity index (χ0v) is 19.8. The first-order valence-corrected chi connectivity index (χ1v) is 11.7. The van der Waals surface area contributed by atoms with E-state index in [0.717, 1.165) is 41.0 Å². The molecule has 1 unspecified atom stereocenters. The minimum Gasteiger partial charge on any atom is -0.481 e. The number of carbonyl (C=O) groups is 1. The fourth-order valence-electron chi connectivity index (χ4n) is 3.84. The van der Waals surface area contributed by atoms with Crippen LogP contribution in [0, 0.1) is 0 Å². The van der Waals surface area contributed by atoms with Gasteiger partial charge in [0.1, 0.15) is 10.8 Å². The first kappa shape index (κ1) is 22.7. The Kier molecular flexibility index (Phi) is 6.50. The van der Waals surface area contributed by atoms with E-state index < -0.39 is 6.10 Å². The molecule has 5 rings (SSSR count). The van der Waals surface area contributed by atoms with Crippen LogP contribution in [0.2, 0.25) is 5.02 Å². The second-order valence-corrected chi connectivity index (χ2v) is 8.69. The van der Waals surface area contributed by atoms with Crippen molar-refractivity contribution in [2.24, 2.45) is 0 Å². The van der Waals surface area contributed by atoms with Gasteiger partial charge in [-0.1, -0.05) is 41.9 Å². The molecule has 6 bridgehead atoms. The number of nitrogens with zero attached hydrogens (tertiary/aromatic N) is 2. The second kappa shape index (κ2) is 10.0. The van der Waals surface area contributed by atoms with Gasteiger partial charge in [-0.25, -0.2) is 4.98 Å². The monoisotopic (exact) mass is 485 g/mol. The Morgan fingerprint density at radius 1 is 1.00 bits per heavy atom. The van der Waals surface area contributed by atoms with Gasteiger partial charge in [-0.15, -0.1) is 0 Å². The number of nitrogens with one attached hydrogen (secondary N) is 3. The average Bonchev–Trinajstić information content (AvgIpc) is 2.87. The van der Waals surface area contributed by atoms with E-state index in [2.05, 4.69) is 38.1 Å². The number of fused-ring (bicyclic) bond motifs is 6. The van der Waals surface area contributed by atoms with Crippen LogP contribution in [0.25, 0.3) is 0 Å². The van der Waals surface area contributed by atoms with E-state index in [9.17, 15) is 4.79 Å². The summed E-state index contributed by atoms with van der Waals surface area (Å²) >= 11 is 6.35. The Labute approximate surface area is 208 Å². The molecule has 3 aromatic carbocycles. The number of para-hydroxylation sites is 1. The van der Waals surface area contributed by atoms with Gasteiger partial charge in [-0.05, 0) is 73.4 Å². The van der Waals surface area contributed by atoms with Gasteiger partial charge in [-0.2, -0.15) is 4.98 Å². The van der Waals surface area contributed by atoms with Crippen LogP contribution in [0.4, 0.5) is 28.8 Å². The van der Waals surface area contributed by atoms with Crippen LogP contribution in [0.1, 0.15) is 18.1 Å². The van der Waals surface area contributed by atoms with Gasteiger partial charge >= 0.3 is 0 Å². The van der Waals surface area contributed by atoms with Crippen molar-refractivity contribution < 1.29 is 9.53 Å². The number of hydrogen-bond acceptors (Lipinski definition) is 6. The topological polar surface area (TPSA) is 88.2 Å². The quantitative estimate of drug-likeness (QED) is 0.322. The number of aromatic nitrogens is 2. The molecule has 176 valence electrons. The fourth-order valence-corrected chi connectivity index (χ4v) is 3.98. The van der Waals surface area contributed by atoms with Crippen molar-refractivity contribution in [1.29, 1.82) is 0 Å². The predicted octanol–water partition coefficient (Wildman–Crippen LogP) is 6.12. The van der Waals surface area contributed by atoms with E-state index in [1.807, 2.05) is 60.7 Å². The van der Waals surface area contributed by atoms with Gasteiger partial charge in [0.15, 0.2) is 11.9 Å². The van der Waals surface area contributed by atoms with E-state index in [4.69, 9.17) is 16.3 Å². The van der Waals surface area contributed by atoms with E-state index in [1.165, 1.54) is 0 Å². The number of benzene rings is 3. The molecule has 1 aliphatic rings. The maximum atomic E-state index is 12.7. The lowest BCUT2D eigenvalue weighted by molar-refractivity contribution is -0.122. The summed E-state index contributed by atoms with van der Waals surface area (Å²) in [7, 11) is 0. The first-order valence-electron chi connectivity index (χ1n) is 11.3. The number of amides is 1. The highest BCUT2D eigenvalue weighted by Crippen LogP contribution is 2.31. The van der Waals surface area contributed by atoms with Crippen LogP contribution in [0.5, 0.6) is 5.75 Å². The Bertz CT molecular complexity index is 1360. The molecule has 0 aliphatic carbocycles. The highest BCUT2D eigenvalue weighted by Gasteiger charge is 2.18. The molecule has 1 aromatic heterocycles. The van der Waals surface area contributed by atoms with Crippen molar-refractivity contribution in [2.75, 3.05) is 16.0 Å². The summed E-state index contributed by atoms with van der Waals surface area (Å²) in [5, 5.41) is 9.81. The average molecular weight is 486 g/mol. The van der Waals surface area contributed by atoms with E-state index in [0.29, 0.717) is 22.5 Å². The molecule has 2 heterocycles. The Balaban J connectivity index is 1.44. The third-order valence-electron chi connectivity index (χ3n) is 5.65. The third-order valence-corrected chi connectivity index (χ3v) is 5.92. The van der Waals surface area contributed by atoms with Gasteiger partial charge in [0.2, 0.25) is 5.95 Å². The number of hydrogen-bond donors (Lipinski definition) is 3. The number of anilines is 5. The zero-order chi connectivity index (χ0) is 24.2. The molecule has 0 saturated heterocycles. The lowest BCUT2D eigenvalue weighted by Crippen LogP contribution is -2.30. The van der Waals surface area contributed by atoms with Crippen molar-refractivity contribution in [2.45, 2.75) is 25.9 Å². The van der Waals surface area contributed by atoms with Crippen molar-refractivity contribution in [3.63, 3.8) is 0 Å². The molecule has 0 spiro atoms. The highest BCUT2D eigenvalue weighted by atomic mass is 35.5. The summed E-state index contributed by atoms with van der Waals surface area (Å²) in [5.74, 6) is 1.39. The summed E-state index contributed by atoms with van der Waals surface area (Å²) in [6, 6.07) is 23.2. The van der Waals surface area contributed by atoms with Gasteiger partial charge in [0, 0.05) is 17.1 Å². The molecule has 8 heteroatoms. The Morgan fingerprint density at radius 3 is 2.69 bits per heavy atom. The molecule has 1 atom stereocenters. The Morgan fingerprint density at radius 2 is 1.83 bits per heavy atom. The molecule has 35 heavy (non-hydrogen) atoms. The van der Waals surface area contributed by atoms with Crippen molar-refractivity contribution in [1.82, 2.24) is 9.97 Å². The first-order chi connectivity index (χ1) is 17.0. The zero-order valence-electron chi connectivity index (χ0n) is 19.1. The summed E-state index contributed by atoms with van der Waals surface area (Å²) in [6.07, 6.45) is 2.40. The van der Waals surface area contributed by atoms with Crippen LogP contribution >= 0.6 is 11.6 Å². The van der Waals surface area contributed by atoms with Gasteiger partial charge in [-0.3, -0.25) is 4.79 Å². The molecule has 0 radical (unpaired) electrons. The fraction of sp³-hybridized carbons (Fsp3) is 0.148. The summed E-state index contributed by atoms with van der Waals surface area (Å²) < 4.78 is 6.13. The van der Waals surface area contributed by atoms with Crippen LogP contribution in [0.15, 0.2) is 79.0 Å². The molecule has 4 aromatic rings. The van der Waals surface area contributed by atoms with E-state index in [1.54, 1.807) is 13.1 Å². The minimum atomic E-state index is -0.679. The summed E-state index contributed by atoms with van der Waals surface area (Å²) in [4.78, 5) is 21.5. The van der Waals surface area contributed by atoms with E-state index >= 15 is 0 Å². The molecular weight excluding hydrogens is 462 g/mol. The van der Waals surface area contributed by atoms with Crippen LogP contribution in [-0.4, -0.2) is 22.0 Å². The molecule has 1 amide bonds. The molecule has 0 fully saturated rings. The largest absolute Gasteiger partial charge is 0.481 e. The number of halogens is 1. The van der Waals surface area contributed by atoms with Gasteiger partial charge in [0.05, 0.1) is 6.20 Å². The normalized spacial score (nSPS) is 13.1. The number of carbonyl (C=O) groups excluding carboxylic acids is 1. The minimum absolute atomic E-state index is 0.214. The van der Waals surface area contributed by atoms with Gasteiger partial charge < -0.3 is 20.7 Å². The van der Waals surface area contributed by atoms with Crippen LogP contribution < -0.4 is 20.7 Å². The number of ether oxygens (including phenoxy) is 1. The maximum absolute atomic E-state index is 12.7. The summed E-state index contributed by atoms with van der Waals surface area (Å²) in [6.45, 7) is 1.74. The molecule has 3 N–H and O–H groups in total. The van der Waals surface area contributed by atoms with Crippen molar-refractivity contribution in [3.05, 3.63) is 95.1 Å².